The Morgan fingerprint density at radius 2 is 2.14 bits per heavy atom. The molecule has 0 aromatic carbocycles. The van der Waals surface area contributed by atoms with Gasteiger partial charge in [0.25, 0.3) is 0 Å². The van der Waals surface area contributed by atoms with Crippen molar-refractivity contribution in [1.82, 2.24) is 4.98 Å². The van der Waals surface area contributed by atoms with Crippen LogP contribution in [0.2, 0.25) is 0 Å². The number of hydrogen-bond acceptors (Lipinski definition) is 4. The first-order valence-electron chi connectivity index (χ1n) is 4.13. The highest BCUT2D eigenvalue weighted by atomic mass is 32.3. The molecular formula is C8H8FNO3S. The van der Waals surface area contributed by atoms with E-state index in [0.717, 1.165) is 18.9 Å². The molecule has 0 radical (unpaired) electrons. The molecule has 1 aliphatic carbocycles. The van der Waals surface area contributed by atoms with Crippen molar-refractivity contribution in [2.75, 3.05) is 0 Å². The third-order valence-corrected chi connectivity index (χ3v) is 2.53. The van der Waals surface area contributed by atoms with E-state index in [1.54, 1.807) is 0 Å². The zero-order valence-electron chi connectivity index (χ0n) is 7.18. The molecule has 4 nitrogen and oxygen atoms in total. The van der Waals surface area contributed by atoms with E-state index in [1.165, 1.54) is 12.3 Å². The van der Waals surface area contributed by atoms with Crippen molar-refractivity contribution in [2.45, 2.75) is 24.0 Å². The van der Waals surface area contributed by atoms with Crippen molar-refractivity contribution in [3.05, 3.63) is 18.3 Å². The maximum Gasteiger partial charge on any atom is 0.349 e. The highest BCUT2D eigenvalue weighted by Gasteiger charge is 2.23. The summed E-state index contributed by atoms with van der Waals surface area (Å²) < 4.78 is 38.5. The molecule has 14 heavy (non-hydrogen) atoms. The quantitative estimate of drug-likeness (QED) is 0.716. The summed E-state index contributed by atoms with van der Waals surface area (Å²) in [5, 5.41) is -0.583. The van der Waals surface area contributed by atoms with Crippen LogP contribution in [-0.4, -0.2) is 19.5 Å². The molecule has 0 amide bonds. The number of halogens is 1. The zero-order chi connectivity index (χ0) is 10.2. The number of hydrogen-bond donors (Lipinski definition) is 0. The Morgan fingerprint density at radius 1 is 1.43 bits per heavy atom. The number of rotatable bonds is 3. The summed E-state index contributed by atoms with van der Waals surface area (Å²) >= 11 is 0. The lowest BCUT2D eigenvalue weighted by Crippen LogP contribution is -1.99. The average molecular weight is 217 g/mol. The van der Waals surface area contributed by atoms with Crippen LogP contribution in [0.5, 0.6) is 5.75 Å². The second-order valence-electron chi connectivity index (χ2n) is 3.09. The Morgan fingerprint density at radius 3 is 2.57 bits per heavy atom. The van der Waals surface area contributed by atoms with Crippen LogP contribution in [0.1, 0.15) is 12.8 Å². The summed E-state index contributed by atoms with van der Waals surface area (Å²) in [5.41, 5.74) is 0. The Kier molecular flexibility index (Phi) is 2.14. The van der Waals surface area contributed by atoms with Gasteiger partial charge in [0.1, 0.15) is 5.75 Å². The molecule has 76 valence electrons. The van der Waals surface area contributed by atoms with E-state index < -0.39 is 15.2 Å². The van der Waals surface area contributed by atoms with Gasteiger partial charge in [0.05, 0.1) is 12.3 Å². The minimum absolute atomic E-state index is 0.213. The van der Waals surface area contributed by atoms with Gasteiger partial charge in [-0.2, -0.15) is 8.42 Å². The first-order valence-corrected chi connectivity index (χ1v) is 5.51. The minimum atomic E-state index is -4.70. The van der Waals surface area contributed by atoms with E-state index in [0.29, 0.717) is 5.75 Å². The topological polar surface area (TPSA) is 56.3 Å². The fourth-order valence-electron chi connectivity index (χ4n) is 0.959. The van der Waals surface area contributed by atoms with Crippen molar-refractivity contribution >= 4 is 10.2 Å². The largest absolute Gasteiger partial charge is 0.489 e. The normalized spacial score (nSPS) is 16.6. The van der Waals surface area contributed by atoms with Gasteiger partial charge in [-0.25, -0.2) is 4.98 Å². The van der Waals surface area contributed by atoms with Gasteiger partial charge in [-0.15, -0.1) is 0 Å². The van der Waals surface area contributed by atoms with Gasteiger partial charge in [-0.05, 0) is 25.0 Å². The van der Waals surface area contributed by atoms with Crippen molar-refractivity contribution < 1.29 is 17.0 Å². The molecule has 0 aliphatic heterocycles. The highest BCUT2D eigenvalue weighted by molar-refractivity contribution is 7.86. The SMILES string of the molecule is O=S(=O)(F)c1ccc(OC2CC2)cn1. The van der Waals surface area contributed by atoms with Crippen LogP contribution in [0, 0.1) is 0 Å². The number of nitrogens with zero attached hydrogens (tertiary/aromatic N) is 1. The van der Waals surface area contributed by atoms with Crippen molar-refractivity contribution in [3.8, 4) is 5.75 Å². The molecular weight excluding hydrogens is 209 g/mol. The Labute approximate surface area is 80.9 Å². The third kappa shape index (κ3) is 2.20. The van der Waals surface area contributed by atoms with Crippen LogP contribution < -0.4 is 4.74 Å². The van der Waals surface area contributed by atoms with Gasteiger partial charge >= 0.3 is 10.2 Å². The molecule has 1 aromatic heterocycles. The van der Waals surface area contributed by atoms with Crippen LogP contribution in [0.4, 0.5) is 3.89 Å². The zero-order valence-corrected chi connectivity index (χ0v) is 8.00. The van der Waals surface area contributed by atoms with E-state index in [4.69, 9.17) is 4.74 Å². The van der Waals surface area contributed by atoms with Crippen molar-refractivity contribution in [1.29, 1.82) is 0 Å². The molecule has 0 saturated heterocycles. The summed E-state index contributed by atoms with van der Waals surface area (Å²) in [6, 6.07) is 2.49. The van der Waals surface area contributed by atoms with E-state index in [-0.39, 0.29) is 6.10 Å². The maximum absolute atomic E-state index is 12.4. The second-order valence-corrected chi connectivity index (χ2v) is 4.38. The summed E-state index contributed by atoms with van der Waals surface area (Å²) in [6.07, 6.45) is 3.43. The second kappa shape index (κ2) is 3.20. The predicted molar refractivity (Wildman–Crippen MR) is 46.2 cm³/mol. The lowest BCUT2D eigenvalue weighted by molar-refractivity contribution is 0.301. The molecule has 1 fully saturated rings. The maximum atomic E-state index is 12.4. The third-order valence-electron chi connectivity index (χ3n) is 1.79. The Hall–Kier alpha value is -1.17. The monoisotopic (exact) mass is 217 g/mol. The molecule has 0 N–H and O–H groups in total. The summed E-state index contributed by atoms with van der Waals surface area (Å²) in [4.78, 5) is 3.44. The lowest BCUT2D eigenvalue weighted by atomic mass is 10.5. The van der Waals surface area contributed by atoms with E-state index >= 15 is 0 Å². The molecule has 0 atom stereocenters. The van der Waals surface area contributed by atoms with Crippen LogP contribution in [0.25, 0.3) is 0 Å². The first kappa shape index (κ1) is 9.39. The van der Waals surface area contributed by atoms with Crippen LogP contribution >= 0.6 is 0 Å². The fourth-order valence-corrected chi connectivity index (χ4v) is 1.37. The van der Waals surface area contributed by atoms with Gasteiger partial charge in [0.15, 0.2) is 5.03 Å². The molecule has 1 saturated carbocycles. The number of pyridine rings is 1. The minimum Gasteiger partial charge on any atom is -0.489 e. The molecule has 1 aliphatic rings. The molecule has 0 spiro atoms. The molecule has 0 unspecified atom stereocenters. The van der Waals surface area contributed by atoms with Gasteiger partial charge in [-0.3, -0.25) is 0 Å². The summed E-state index contributed by atoms with van der Waals surface area (Å²) in [6.45, 7) is 0. The standard InChI is InChI=1S/C8H8FNO3S/c9-14(11,12)8-4-3-7(5-10-8)13-6-1-2-6/h3-6H,1-2H2. The molecule has 2 rings (SSSR count). The Balaban J connectivity index is 2.16. The van der Waals surface area contributed by atoms with E-state index in [1.807, 2.05) is 0 Å². The average Bonchev–Trinajstić information content (AvgIpc) is 2.88. The molecule has 6 heteroatoms. The number of aromatic nitrogens is 1. The summed E-state index contributed by atoms with van der Waals surface area (Å²) in [5.74, 6) is 0.472. The van der Waals surface area contributed by atoms with Crippen molar-refractivity contribution in [3.63, 3.8) is 0 Å². The van der Waals surface area contributed by atoms with E-state index in [2.05, 4.69) is 4.98 Å². The van der Waals surface area contributed by atoms with Gasteiger partial charge in [-0.1, -0.05) is 3.89 Å². The summed E-state index contributed by atoms with van der Waals surface area (Å²) in [7, 11) is -4.70. The number of ether oxygens (including phenoxy) is 1. The first-order chi connectivity index (χ1) is 6.55. The van der Waals surface area contributed by atoms with Gasteiger partial charge in [0, 0.05) is 0 Å². The fraction of sp³-hybridized carbons (Fsp3) is 0.375. The van der Waals surface area contributed by atoms with Crippen LogP contribution in [0.15, 0.2) is 23.4 Å². The molecule has 1 heterocycles. The molecule has 0 bridgehead atoms. The Bertz CT molecular complexity index is 424. The molecule has 1 aromatic rings. The van der Waals surface area contributed by atoms with Crippen LogP contribution in [0.3, 0.4) is 0 Å². The smallest absolute Gasteiger partial charge is 0.349 e. The highest BCUT2D eigenvalue weighted by Crippen LogP contribution is 2.26. The lowest BCUT2D eigenvalue weighted by Gasteiger charge is -2.02. The van der Waals surface area contributed by atoms with Crippen molar-refractivity contribution in [2.24, 2.45) is 0 Å². The van der Waals surface area contributed by atoms with Crippen LogP contribution in [-0.2, 0) is 10.2 Å². The van der Waals surface area contributed by atoms with E-state index in [9.17, 15) is 12.3 Å². The predicted octanol–water partition coefficient (Wildman–Crippen LogP) is 1.28. The van der Waals surface area contributed by atoms with Gasteiger partial charge < -0.3 is 4.74 Å². The van der Waals surface area contributed by atoms with Gasteiger partial charge in [0.2, 0.25) is 0 Å².